The number of rotatable bonds is 2. The van der Waals surface area contributed by atoms with Crippen LogP contribution in [0.4, 0.5) is 5.00 Å². The highest BCUT2D eigenvalue weighted by atomic mass is 32.1. The van der Waals surface area contributed by atoms with Gasteiger partial charge in [0.15, 0.2) is 5.01 Å². The maximum Gasteiger partial charge on any atom is 0.285 e. The number of thiazole rings is 1. The lowest BCUT2D eigenvalue weighted by Crippen LogP contribution is -3.03. The van der Waals surface area contributed by atoms with Crippen LogP contribution in [-0.4, -0.2) is 16.4 Å². The van der Waals surface area contributed by atoms with E-state index in [1.54, 1.807) is 0 Å². The number of hydrogen-bond acceptors (Lipinski definition) is 5. The van der Waals surface area contributed by atoms with Crippen molar-refractivity contribution in [1.29, 1.82) is 5.26 Å². The predicted octanol–water partition coefficient (Wildman–Crippen LogP) is 3.61. The van der Waals surface area contributed by atoms with E-state index in [1.165, 1.54) is 22.7 Å². The fraction of sp³-hybridized carbons (Fsp3) is 0.350. The summed E-state index contributed by atoms with van der Waals surface area (Å²) in [5.74, 6) is -0.257. The lowest BCUT2D eigenvalue weighted by Gasteiger charge is -2.38. The average molecular weight is 398 g/mol. The second-order valence-corrected chi connectivity index (χ2v) is 10.2. The summed E-state index contributed by atoms with van der Waals surface area (Å²) in [6.07, 6.45) is 0.808. The Morgan fingerprint density at radius 1 is 1.26 bits per heavy atom. The van der Waals surface area contributed by atoms with Gasteiger partial charge in [0, 0.05) is 6.42 Å². The van der Waals surface area contributed by atoms with Crippen molar-refractivity contribution in [3.8, 4) is 6.07 Å². The summed E-state index contributed by atoms with van der Waals surface area (Å²) < 4.78 is 0.978. The second-order valence-electron chi connectivity index (χ2n) is 8.20. The molecule has 1 aliphatic heterocycles. The van der Waals surface area contributed by atoms with Gasteiger partial charge in [-0.3, -0.25) is 4.79 Å². The number of nitrogens with zero attached hydrogens (tertiary/aromatic N) is 2. The minimum atomic E-state index is -0.257. The van der Waals surface area contributed by atoms with Crippen LogP contribution in [0.25, 0.3) is 10.2 Å². The molecule has 0 unspecified atom stereocenters. The molecule has 1 aromatic carbocycles. The van der Waals surface area contributed by atoms with E-state index in [1.807, 2.05) is 24.3 Å². The van der Waals surface area contributed by atoms with Gasteiger partial charge in [0.05, 0.1) is 26.2 Å². The predicted molar refractivity (Wildman–Crippen MR) is 109 cm³/mol. The maximum absolute atomic E-state index is 12.8. The van der Waals surface area contributed by atoms with Gasteiger partial charge in [-0.1, -0.05) is 12.1 Å². The quantitative estimate of drug-likeness (QED) is 0.693. The summed E-state index contributed by atoms with van der Waals surface area (Å²) in [7, 11) is 0. The zero-order valence-corrected chi connectivity index (χ0v) is 17.3. The smallest absolute Gasteiger partial charge is 0.285 e. The highest BCUT2D eigenvalue weighted by Crippen LogP contribution is 2.42. The molecule has 0 fully saturated rings. The molecule has 0 bridgehead atoms. The molecule has 1 aliphatic rings. The van der Waals surface area contributed by atoms with Gasteiger partial charge in [0.1, 0.15) is 16.6 Å². The van der Waals surface area contributed by atoms with Crippen LogP contribution in [0, 0.1) is 11.3 Å². The van der Waals surface area contributed by atoms with E-state index < -0.39 is 0 Å². The molecule has 0 spiro atoms. The van der Waals surface area contributed by atoms with Crippen LogP contribution in [0.5, 0.6) is 0 Å². The van der Waals surface area contributed by atoms with Gasteiger partial charge in [-0.05, 0) is 45.4 Å². The molecule has 0 saturated heterocycles. The largest absolute Gasteiger partial charge is 0.333 e. The molecule has 7 heteroatoms. The summed E-state index contributed by atoms with van der Waals surface area (Å²) in [6.45, 7) is 8.72. The van der Waals surface area contributed by atoms with Gasteiger partial charge < -0.3 is 10.6 Å². The van der Waals surface area contributed by atoms with Crippen molar-refractivity contribution in [2.75, 3.05) is 5.32 Å². The summed E-state index contributed by atoms with van der Waals surface area (Å²) in [5, 5.41) is 16.1. The summed E-state index contributed by atoms with van der Waals surface area (Å²) in [6, 6.07) is 10.0. The molecule has 0 saturated carbocycles. The van der Waals surface area contributed by atoms with Gasteiger partial charge in [0.2, 0.25) is 0 Å². The van der Waals surface area contributed by atoms with Crippen LogP contribution in [0.15, 0.2) is 24.3 Å². The molecule has 0 aliphatic carbocycles. The molecular formula is C20H21N4OS2+. The van der Waals surface area contributed by atoms with Crippen molar-refractivity contribution in [3.05, 3.63) is 45.3 Å². The molecule has 3 heterocycles. The topological polar surface area (TPSA) is 82.4 Å². The Labute approximate surface area is 166 Å². The van der Waals surface area contributed by atoms with Gasteiger partial charge in [-0.25, -0.2) is 4.98 Å². The number of quaternary nitrogens is 1. The third-order valence-electron chi connectivity index (χ3n) is 4.80. The first kappa shape index (κ1) is 18.1. The number of nitriles is 1. The number of para-hydroxylation sites is 1. The van der Waals surface area contributed by atoms with Crippen molar-refractivity contribution in [3.63, 3.8) is 0 Å². The molecule has 1 amide bonds. The van der Waals surface area contributed by atoms with Crippen LogP contribution < -0.4 is 10.6 Å². The number of carbonyl (C=O) groups is 1. The molecule has 0 atom stereocenters. The molecule has 27 heavy (non-hydrogen) atoms. The van der Waals surface area contributed by atoms with Crippen LogP contribution in [0.2, 0.25) is 0 Å². The van der Waals surface area contributed by atoms with Gasteiger partial charge in [-0.15, -0.1) is 22.7 Å². The van der Waals surface area contributed by atoms with E-state index in [2.05, 4.69) is 49.4 Å². The number of nitrogens with one attached hydrogen (secondary N) is 1. The number of nitrogens with two attached hydrogens (primary N) is 1. The van der Waals surface area contributed by atoms with Crippen molar-refractivity contribution >= 4 is 43.8 Å². The lowest BCUT2D eigenvalue weighted by atomic mass is 9.81. The van der Waals surface area contributed by atoms with Crippen molar-refractivity contribution < 1.29 is 10.1 Å². The summed E-state index contributed by atoms with van der Waals surface area (Å²) in [5.41, 5.74) is 2.36. The zero-order valence-electron chi connectivity index (χ0n) is 15.7. The van der Waals surface area contributed by atoms with E-state index in [-0.39, 0.29) is 17.0 Å². The fourth-order valence-corrected chi connectivity index (χ4v) is 6.13. The number of aromatic nitrogens is 1. The Hall–Kier alpha value is -2.27. The van der Waals surface area contributed by atoms with Crippen LogP contribution in [-0.2, 0) is 12.0 Å². The van der Waals surface area contributed by atoms with E-state index >= 15 is 0 Å². The SMILES string of the molecule is CC1(C)Cc2c(sc(NC(=O)c3nc4ccccc4s3)c2C#N)C(C)(C)[NH2+]1. The van der Waals surface area contributed by atoms with Crippen molar-refractivity contribution in [2.45, 2.75) is 45.2 Å². The third kappa shape index (κ3) is 3.14. The number of hydrogen-bond donors (Lipinski definition) is 2. The van der Waals surface area contributed by atoms with Gasteiger partial charge in [0.25, 0.3) is 5.91 Å². The summed E-state index contributed by atoms with van der Waals surface area (Å²) in [4.78, 5) is 18.4. The van der Waals surface area contributed by atoms with E-state index in [9.17, 15) is 10.1 Å². The zero-order chi connectivity index (χ0) is 19.4. The molecule has 4 rings (SSSR count). The van der Waals surface area contributed by atoms with Gasteiger partial charge >= 0.3 is 0 Å². The molecule has 5 nitrogen and oxygen atoms in total. The van der Waals surface area contributed by atoms with E-state index in [4.69, 9.17) is 0 Å². The number of thiophene rings is 1. The Balaban J connectivity index is 1.72. The first-order chi connectivity index (χ1) is 12.7. The standard InChI is InChI=1S/C20H20N4OS2/c1-19(2)9-11-12(10-21)17(27-15(11)20(3,4)24-19)23-16(25)18-22-13-7-5-6-8-14(13)26-18/h5-8,24H,9H2,1-4H3,(H,23,25)/p+1. The number of fused-ring (bicyclic) bond motifs is 2. The number of carbonyl (C=O) groups excluding carboxylic acids is 1. The normalized spacial score (nSPS) is 17.3. The van der Waals surface area contributed by atoms with Gasteiger partial charge in [-0.2, -0.15) is 5.26 Å². The monoisotopic (exact) mass is 397 g/mol. The Bertz CT molecular complexity index is 1070. The molecule has 138 valence electrons. The van der Waals surface area contributed by atoms with Crippen LogP contribution >= 0.6 is 22.7 Å². The molecule has 2 aromatic heterocycles. The Kier molecular flexibility index (Phi) is 4.11. The number of amides is 1. The molecule has 0 radical (unpaired) electrons. The molecule has 3 N–H and O–H groups in total. The first-order valence-electron chi connectivity index (χ1n) is 8.80. The average Bonchev–Trinajstić information content (AvgIpc) is 3.14. The number of anilines is 1. The van der Waals surface area contributed by atoms with Crippen molar-refractivity contribution in [2.24, 2.45) is 0 Å². The third-order valence-corrected chi connectivity index (χ3v) is 7.33. The highest BCUT2D eigenvalue weighted by Gasteiger charge is 2.44. The Morgan fingerprint density at radius 2 is 2.00 bits per heavy atom. The van der Waals surface area contributed by atoms with E-state index in [0.29, 0.717) is 15.6 Å². The Morgan fingerprint density at radius 3 is 2.70 bits per heavy atom. The molecular weight excluding hydrogens is 376 g/mol. The number of benzene rings is 1. The second kappa shape index (κ2) is 6.13. The van der Waals surface area contributed by atoms with E-state index in [0.717, 1.165) is 27.1 Å². The first-order valence-corrected chi connectivity index (χ1v) is 10.4. The fourth-order valence-electron chi connectivity index (χ4n) is 4.04. The lowest BCUT2D eigenvalue weighted by molar-refractivity contribution is -0.789. The van der Waals surface area contributed by atoms with Crippen molar-refractivity contribution in [1.82, 2.24) is 4.98 Å². The van der Waals surface area contributed by atoms with Crippen LogP contribution in [0.3, 0.4) is 0 Å². The minimum Gasteiger partial charge on any atom is -0.333 e. The maximum atomic E-state index is 12.8. The minimum absolute atomic E-state index is 0.0114. The molecule has 3 aromatic rings. The van der Waals surface area contributed by atoms with Crippen LogP contribution in [0.1, 0.15) is 53.5 Å². The summed E-state index contributed by atoms with van der Waals surface area (Å²) >= 11 is 2.88. The highest BCUT2D eigenvalue weighted by molar-refractivity contribution is 7.20.